The Morgan fingerprint density at radius 2 is 0.269 bits per heavy atom. The van der Waals surface area contributed by atoms with Gasteiger partial charge >= 0.3 is 47.8 Å². The number of unbranched alkanes of at least 4 members (excludes halogenated alkanes) is 22. The topological polar surface area (TPSA) is 1010 Å². The molecule has 28 atom stereocenters. The van der Waals surface area contributed by atoms with Crippen LogP contribution in [-0.4, -0.2) is 484 Å². The van der Waals surface area contributed by atoms with Gasteiger partial charge in [-0.3, -0.25) is 4.79 Å². The summed E-state index contributed by atoms with van der Waals surface area (Å²) in [4.78, 5) is 81.1. The summed E-state index contributed by atoms with van der Waals surface area (Å²) in [5.74, 6) is -12.7. The standard InChI is InChI=1S/C26H52O2.7C6H12O7/c1-2-3-4-5-6-7-8-9-10-11-12-13-14-15-16-17-18-19-20-21-22-23-24-25-26(27)28;7*7-1-2(8)3(9)4(10)5(11)6(12)13/h2-25H2,1H3,(H,27,28);7*2-5,7-11H,1H2,(H,12,13)/t;7*2-,3-,4+,5-/m.1111111/s1. The highest BCUT2D eigenvalue weighted by atomic mass is 16.5. The number of carboxylic acid groups (broad SMARTS) is 8. The number of rotatable bonds is 59. The molecule has 0 aliphatic heterocycles. The summed E-state index contributed by atoms with van der Waals surface area (Å²) in [7, 11) is 0. The third kappa shape index (κ3) is 64.8. The van der Waals surface area contributed by atoms with Gasteiger partial charge in [-0.1, -0.05) is 148 Å². The second kappa shape index (κ2) is 78.3. The molecule has 119 heavy (non-hydrogen) atoms. The summed E-state index contributed by atoms with van der Waals surface area (Å²) >= 11 is 0. The van der Waals surface area contributed by atoms with E-state index in [0.29, 0.717) is 6.42 Å². The number of aliphatic hydroxyl groups excluding tert-OH is 35. The number of aliphatic hydroxyl groups is 35. The van der Waals surface area contributed by atoms with Gasteiger partial charge in [0.2, 0.25) is 0 Å². The van der Waals surface area contributed by atoms with E-state index in [4.69, 9.17) is 220 Å². The van der Waals surface area contributed by atoms with Gasteiger partial charge in [0.25, 0.3) is 0 Å². The quantitative estimate of drug-likeness (QED) is 0.0251. The van der Waals surface area contributed by atoms with E-state index in [1.807, 2.05) is 0 Å². The van der Waals surface area contributed by atoms with Gasteiger partial charge in [-0.25, -0.2) is 33.6 Å². The Balaban J connectivity index is -0.000000201. The first-order valence-corrected chi connectivity index (χ1v) is 37.3. The fourth-order valence-electron chi connectivity index (χ4n) is 8.74. The first-order valence-electron chi connectivity index (χ1n) is 37.3. The molecule has 51 nitrogen and oxygen atoms in total. The molecule has 43 N–H and O–H groups in total. The number of hydrogen-bond donors (Lipinski definition) is 43. The maximum absolute atomic E-state index is 10.4. The van der Waals surface area contributed by atoms with Crippen molar-refractivity contribution in [3.63, 3.8) is 0 Å². The number of hydrogen-bond acceptors (Lipinski definition) is 43. The Morgan fingerprint density at radius 1 is 0.168 bits per heavy atom. The van der Waals surface area contributed by atoms with Crippen molar-refractivity contribution in [1.82, 2.24) is 0 Å². The fourth-order valence-corrected chi connectivity index (χ4v) is 8.74. The third-order valence-electron chi connectivity index (χ3n) is 16.5. The summed E-state index contributed by atoms with van der Waals surface area (Å²) in [6.45, 7) is -3.61. The Bertz CT molecular complexity index is 2110. The van der Waals surface area contributed by atoms with Crippen molar-refractivity contribution in [3.8, 4) is 0 Å². The molecule has 0 saturated carbocycles. The summed E-state index contributed by atoms with van der Waals surface area (Å²) in [5.41, 5.74) is 0. The van der Waals surface area contributed by atoms with E-state index in [9.17, 15) is 38.4 Å². The molecule has 0 heterocycles. The maximum atomic E-state index is 10.4. The Morgan fingerprint density at radius 3 is 0.353 bits per heavy atom. The van der Waals surface area contributed by atoms with Crippen molar-refractivity contribution in [3.05, 3.63) is 0 Å². The lowest BCUT2D eigenvalue weighted by Crippen LogP contribution is -2.48. The molecule has 0 aromatic carbocycles. The van der Waals surface area contributed by atoms with Crippen LogP contribution in [0.25, 0.3) is 0 Å². The molecule has 0 aromatic rings. The predicted octanol–water partition coefficient (Wildman–Crippen LogP) is -15.0. The zero-order chi connectivity index (χ0) is 94.7. The number of aliphatic carboxylic acids is 8. The highest BCUT2D eigenvalue weighted by molar-refractivity contribution is 5.75. The Hall–Kier alpha value is -5.64. The van der Waals surface area contributed by atoms with Gasteiger partial charge in [0.15, 0.2) is 42.7 Å². The van der Waals surface area contributed by atoms with Crippen molar-refractivity contribution in [2.45, 2.75) is 332 Å². The van der Waals surface area contributed by atoms with Gasteiger partial charge in [0.1, 0.15) is 128 Å². The third-order valence-corrected chi connectivity index (χ3v) is 16.5. The average molecular weight is 1770 g/mol. The molecule has 0 radical (unpaired) electrons. The second-order valence-electron chi connectivity index (χ2n) is 26.5. The van der Waals surface area contributed by atoms with Gasteiger partial charge in [0, 0.05) is 6.42 Å². The van der Waals surface area contributed by atoms with Crippen LogP contribution >= 0.6 is 0 Å². The van der Waals surface area contributed by atoms with Crippen molar-refractivity contribution in [1.29, 1.82) is 0 Å². The minimum Gasteiger partial charge on any atom is -0.481 e. The van der Waals surface area contributed by atoms with Crippen LogP contribution in [0.1, 0.15) is 161 Å². The highest BCUT2D eigenvalue weighted by Gasteiger charge is 2.40. The van der Waals surface area contributed by atoms with Crippen LogP contribution in [0.4, 0.5) is 0 Å². The molecule has 0 aliphatic carbocycles. The molecule has 0 amide bonds. The van der Waals surface area contributed by atoms with E-state index in [-0.39, 0.29) is 0 Å². The van der Waals surface area contributed by atoms with Crippen LogP contribution in [0.3, 0.4) is 0 Å². The van der Waals surface area contributed by atoms with E-state index in [2.05, 4.69) is 6.92 Å². The molecule has 0 fully saturated rings. The minimum absolute atomic E-state index is 0.346. The van der Waals surface area contributed by atoms with Crippen LogP contribution in [0.15, 0.2) is 0 Å². The predicted molar refractivity (Wildman–Crippen MR) is 395 cm³/mol. The van der Waals surface area contributed by atoms with Crippen LogP contribution < -0.4 is 0 Å². The molecule has 51 heteroatoms. The molecule has 0 rings (SSSR count). The molecule has 0 aromatic heterocycles. The SMILES string of the molecule is CCCCCCCCCCCCCCCCCCCCCCCCCC(=O)O.O=C(O)[C@H](O)[C@@H](O)[C@H](O)[C@H](O)CO.O=C(O)[C@H](O)[C@@H](O)[C@H](O)[C@H](O)CO.O=C(O)[C@H](O)[C@@H](O)[C@H](O)[C@H](O)CO.O=C(O)[C@H](O)[C@@H](O)[C@H](O)[C@H](O)CO.O=C(O)[C@H](O)[C@@H](O)[C@H](O)[C@H](O)CO.O=C(O)[C@H](O)[C@@H](O)[C@H](O)[C@H](O)CO.O=C(O)[C@H](O)[C@@H](O)[C@H](O)[C@H](O)CO. The Labute approximate surface area is 682 Å². The van der Waals surface area contributed by atoms with Gasteiger partial charge in [0.05, 0.1) is 46.2 Å². The molecular weight excluding hydrogens is 1630 g/mol. The lowest BCUT2D eigenvalue weighted by Gasteiger charge is -2.23. The smallest absolute Gasteiger partial charge is 0.335 e. The van der Waals surface area contributed by atoms with E-state index in [1.165, 1.54) is 135 Å². The highest BCUT2D eigenvalue weighted by Crippen LogP contribution is 2.17. The van der Waals surface area contributed by atoms with Gasteiger partial charge < -0.3 is 220 Å². The second-order valence-corrected chi connectivity index (χ2v) is 26.5. The van der Waals surface area contributed by atoms with Gasteiger partial charge in [-0.05, 0) is 6.42 Å². The molecule has 714 valence electrons. The van der Waals surface area contributed by atoms with Crippen molar-refractivity contribution in [2.24, 2.45) is 0 Å². The zero-order valence-electron chi connectivity index (χ0n) is 65.6. The number of carbonyl (C=O) groups is 8. The van der Waals surface area contributed by atoms with Gasteiger partial charge in [-0.15, -0.1) is 0 Å². The molecule has 0 saturated heterocycles. The first-order chi connectivity index (χ1) is 55.2. The number of carboxylic acids is 8. The molecule has 0 bridgehead atoms. The maximum Gasteiger partial charge on any atom is 0.335 e. The van der Waals surface area contributed by atoms with E-state index >= 15 is 0 Å². The summed E-state index contributed by atoms with van der Waals surface area (Å²) in [5, 5.41) is 371. The summed E-state index contributed by atoms with van der Waals surface area (Å²) < 4.78 is 0. The molecule has 0 aliphatic rings. The van der Waals surface area contributed by atoms with Crippen LogP contribution in [0, 0.1) is 0 Å². The largest absolute Gasteiger partial charge is 0.481 e. The monoisotopic (exact) mass is 1770 g/mol. The van der Waals surface area contributed by atoms with E-state index in [1.54, 1.807) is 0 Å². The zero-order valence-corrected chi connectivity index (χ0v) is 65.6. The van der Waals surface area contributed by atoms with Crippen LogP contribution in [0.2, 0.25) is 0 Å². The van der Waals surface area contributed by atoms with E-state index < -0.39 is 265 Å². The van der Waals surface area contributed by atoms with Crippen LogP contribution in [-0.2, 0) is 38.4 Å². The average Bonchev–Trinajstić information content (AvgIpc) is 0.934. The normalized spacial score (nSPS) is 18.2. The molecule has 0 spiro atoms. The first kappa shape index (κ1) is 129. The van der Waals surface area contributed by atoms with Gasteiger partial charge in [-0.2, -0.15) is 0 Å². The molecular formula is C68H136O51. The minimum atomic E-state index is -2.20. The lowest BCUT2D eigenvalue weighted by atomic mass is 10.0. The lowest BCUT2D eigenvalue weighted by molar-refractivity contribution is -0.164. The van der Waals surface area contributed by atoms with Crippen molar-refractivity contribution in [2.75, 3.05) is 46.2 Å². The van der Waals surface area contributed by atoms with Crippen LogP contribution in [0.5, 0.6) is 0 Å². The van der Waals surface area contributed by atoms with Crippen molar-refractivity contribution >= 4 is 47.8 Å². The fraction of sp³-hybridized carbons (Fsp3) is 0.882. The summed E-state index contributed by atoms with van der Waals surface area (Å²) in [6.07, 6.45) is -22.8. The van der Waals surface area contributed by atoms with E-state index in [0.717, 1.165) is 12.8 Å². The molecule has 0 unspecified atom stereocenters. The Kier molecular flexibility index (Phi) is 84.9. The van der Waals surface area contributed by atoms with Crippen molar-refractivity contribution < 1.29 is 258 Å². The summed E-state index contributed by atoms with van der Waals surface area (Å²) in [6, 6.07) is 0.